The minimum Gasteiger partial charge on any atom is -0.491 e. The average molecular weight is 267 g/mol. The third-order valence-electron chi connectivity index (χ3n) is 2.85. The first-order valence-electron chi connectivity index (χ1n) is 5.82. The number of nitrogens with zero attached hydrogens (tertiary/aromatic N) is 1. The van der Waals surface area contributed by atoms with Crippen molar-refractivity contribution >= 4 is 11.7 Å². The summed E-state index contributed by atoms with van der Waals surface area (Å²) in [6.07, 6.45) is -0.0106. The van der Waals surface area contributed by atoms with E-state index in [9.17, 15) is 14.9 Å². The van der Waals surface area contributed by atoms with Gasteiger partial charge in [-0.25, -0.2) is 4.79 Å². The molecule has 7 heteroatoms. The highest BCUT2D eigenvalue weighted by Gasteiger charge is 2.30. The lowest BCUT2D eigenvalue weighted by Crippen LogP contribution is -2.23. The van der Waals surface area contributed by atoms with Crippen molar-refractivity contribution in [3.63, 3.8) is 0 Å². The van der Waals surface area contributed by atoms with Crippen molar-refractivity contribution in [2.24, 2.45) is 0 Å². The fourth-order valence-corrected chi connectivity index (χ4v) is 1.89. The zero-order valence-electron chi connectivity index (χ0n) is 10.0. The molecule has 1 aromatic rings. The Labute approximate surface area is 108 Å². The van der Waals surface area contributed by atoms with Crippen LogP contribution in [-0.2, 0) is 9.53 Å². The molecule has 0 saturated carbocycles. The van der Waals surface area contributed by atoms with Gasteiger partial charge in [0.1, 0.15) is 12.4 Å². The number of rotatable bonds is 5. The smallest absolute Gasteiger partial charge is 0.332 e. The fraction of sp³-hybridized carbons (Fsp3) is 0.417. The standard InChI is InChI=1S/C12H13NO6/c14-12(15)11-5-4-10(19-11)7-18-9-3-1-2-8(6-9)13(16)17/h1-3,6,10-11H,4-5,7H2,(H,14,15). The normalized spacial score (nSPS) is 22.1. The maximum absolute atomic E-state index is 10.7. The number of hydrogen-bond acceptors (Lipinski definition) is 5. The van der Waals surface area contributed by atoms with Gasteiger partial charge in [-0.15, -0.1) is 0 Å². The first-order valence-corrected chi connectivity index (χ1v) is 5.82. The van der Waals surface area contributed by atoms with Crippen LogP contribution in [0.2, 0.25) is 0 Å². The molecule has 1 fully saturated rings. The molecule has 1 N–H and O–H groups in total. The van der Waals surface area contributed by atoms with E-state index in [1.165, 1.54) is 18.2 Å². The summed E-state index contributed by atoms with van der Waals surface area (Å²) in [4.78, 5) is 20.8. The van der Waals surface area contributed by atoms with E-state index in [4.69, 9.17) is 14.6 Å². The Bertz CT molecular complexity index is 489. The summed E-state index contributed by atoms with van der Waals surface area (Å²) in [6, 6.07) is 5.84. The number of nitro benzene ring substituents is 1. The van der Waals surface area contributed by atoms with Gasteiger partial charge in [-0.3, -0.25) is 10.1 Å². The minimum absolute atomic E-state index is 0.0479. The summed E-state index contributed by atoms with van der Waals surface area (Å²) in [5.41, 5.74) is -0.0479. The second-order valence-corrected chi connectivity index (χ2v) is 4.23. The van der Waals surface area contributed by atoms with E-state index in [-0.39, 0.29) is 18.4 Å². The van der Waals surface area contributed by atoms with Gasteiger partial charge in [-0.05, 0) is 18.9 Å². The second kappa shape index (κ2) is 5.66. The van der Waals surface area contributed by atoms with Crippen molar-refractivity contribution in [1.82, 2.24) is 0 Å². The Morgan fingerprint density at radius 1 is 1.53 bits per heavy atom. The molecule has 0 radical (unpaired) electrons. The Morgan fingerprint density at radius 3 is 2.95 bits per heavy atom. The highest BCUT2D eigenvalue weighted by atomic mass is 16.6. The predicted molar refractivity (Wildman–Crippen MR) is 64.1 cm³/mol. The van der Waals surface area contributed by atoms with Crippen LogP contribution in [0.15, 0.2) is 24.3 Å². The molecule has 7 nitrogen and oxygen atoms in total. The van der Waals surface area contributed by atoms with Crippen molar-refractivity contribution in [2.45, 2.75) is 25.0 Å². The van der Waals surface area contributed by atoms with E-state index < -0.39 is 17.0 Å². The lowest BCUT2D eigenvalue weighted by atomic mass is 10.2. The van der Waals surface area contributed by atoms with Crippen LogP contribution in [0.5, 0.6) is 5.75 Å². The molecule has 2 atom stereocenters. The molecule has 0 spiro atoms. The minimum atomic E-state index is -0.974. The van der Waals surface area contributed by atoms with Crippen LogP contribution in [0.25, 0.3) is 0 Å². The number of carboxylic acids is 1. The van der Waals surface area contributed by atoms with Crippen LogP contribution in [0.4, 0.5) is 5.69 Å². The van der Waals surface area contributed by atoms with Gasteiger partial charge in [-0.1, -0.05) is 6.07 Å². The number of aliphatic carboxylic acids is 1. The molecule has 1 aliphatic rings. The van der Waals surface area contributed by atoms with E-state index in [0.29, 0.717) is 18.6 Å². The van der Waals surface area contributed by atoms with Crippen LogP contribution < -0.4 is 4.74 Å². The lowest BCUT2D eigenvalue weighted by molar-refractivity contribution is -0.384. The zero-order chi connectivity index (χ0) is 13.8. The molecule has 1 saturated heterocycles. The Morgan fingerprint density at radius 2 is 2.32 bits per heavy atom. The molecule has 1 heterocycles. The summed E-state index contributed by atoms with van der Waals surface area (Å²) in [6.45, 7) is 0.185. The molecule has 19 heavy (non-hydrogen) atoms. The molecule has 0 aromatic heterocycles. The van der Waals surface area contributed by atoms with Gasteiger partial charge >= 0.3 is 5.97 Å². The van der Waals surface area contributed by atoms with Crippen molar-refractivity contribution < 1.29 is 24.3 Å². The van der Waals surface area contributed by atoms with Crippen molar-refractivity contribution in [2.75, 3.05) is 6.61 Å². The number of benzene rings is 1. The van der Waals surface area contributed by atoms with Gasteiger partial charge in [0.25, 0.3) is 5.69 Å². The number of non-ortho nitro benzene ring substituents is 1. The monoisotopic (exact) mass is 267 g/mol. The Hall–Kier alpha value is -2.15. The lowest BCUT2D eigenvalue weighted by Gasteiger charge is -2.12. The Balaban J connectivity index is 1.88. The summed E-state index contributed by atoms with van der Waals surface area (Å²) in [7, 11) is 0. The maximum Gasteiger partial charge on any atom is 0.332 e. The molecule has 0 amide bonds. The number of nitro groups is 1. The quantitative estimate of drug-likeness (QED) is 0.642. The van der Waals surface area contributed by atoms with Gasteiger partial charge < -0.3 is 14.6 Å². The van der Waals surface area contributed by atoms with E-state index in [1.54, 1.807) is 6.07 Å². The van der Waals surface area contributed by atoms with Gasteiger partial charge in [0, 0.05) is 6.07 Å². The molecular formula is C12H13NO6. The molecule has 1 aliphatic heterocycles. The zero-order valence-corrected chi connectivity index (χ0v) is 10.0. The number of carbonyl (C=O) groups is 1. The molecule has 2 unspecified atom stereocenters. The third kappa shape index (κ3) is 3.41. The van der Waals surface area contributed by atoms with E-state index in [2.05, 4.69) is 0 Å². The van der Waals surface area contributed by atoms with Crippen LogP contribution >= 0.6 is 0 Å². The molecule has 0 bridgehead atoms. The number of carboxylic acid groups (broad SMARTS) is 1. The predicted octanol–water partition coefficient (Wildman–Crippen LogP) is 1.61. The molecule has 1 aromatic carbocycles. The van der Waals surface area contributed by atoms with E-state index in [0.717, 1.165) is 0 Å². The van der Waals surface area contributed by atoms with E-state index >= 15 is 0 Å². The third-order valence-corrected chi connectivity index (χ3v) is 2.85. The van der Waals surface area contributed by atoms with Gasteiger partial charge in [0.05, 0.1) is 17.1 Å². The summed E-state index contributed by atoms with van der Waals surface area (Å²) in [5, 5.41) is 19.4. The Kier molecular flexibility index (Phi) is 3.96. The number of ether oxygens (including phenoxy) is 2. The first kappa shape index (κ1) is 13.3. The van der Waals surface area contributed by atoms with Crippen LogP contribution in [-0.4, -0.2) is 34.8 Å². The van der Waals surface area contributed by atoms with Crippen molar-refractivity contribution in [1.29, 1.82) is 0 Å². The first-order chi connectivity index (χ1) is 9.06. The van der Waals surface area contributed by atoms with Gasteiger partial charge in [0.2, 0.25) is 0 Å². The summed E-state index contributed by atoms with van der Waals surface area (Å²) < 4.78 is 10.7. The van der Waals surface area contributed by atoms with Crippen LogP contribution in [0.3, 0.4) is 0 Å². The highest BCUT2D eigenvalue weighted by molar-refractivity contribution is 5.72. The van der Waals surface area contributed by atoms with Crippen LogP contribution in [0.1, 0.15) is 12.8 Å². The van der Waals surface area contributed by atoms with Crippen molar-refractivity contribution in [3.8, 4) is 5.75 Å². The SMILES string of the molecule is O=C(O)C1CCC(COc2cccc([N+](=O)[O-])c2)O1. The second-order valence-electron chi connectivity index (χ2n) is 4.23. The summed E-state index contributed by atoms with van der Waals surface area (Å²) >= 11 is 0. The fourth-order valence-electron chi connectivity index (χ4n) is 1.89. The number of hydrogen-bond donors (Lipinski definition) is 1. The van der Waals surface area contributed by atoms with Crippen molar-refractivity contribution in [3.05, 3.63) is 34.4 Å². The molecule has 0 aliphatic carbocycles. The largest absolute Gasteiger partial charge is 0.491 e. The molecular weight excluding hydrogens is 254 g/mol. The summed E-state index contributed by atoms with van der Waals surface area (Å²) in [5.74, 6) is -0.602. The topological polar surface area (TPSA) is 98.9 Å². The van der Waals surface area contributed by atoms with Gasteiger partial charge in [0.15, 0.2) is 6.10 Å². The highest BCUT2D eigenvalue weighted by Crippen LogP contribution is 2.23. The molecule has 102 valence electrons. The van der Waals surface area contributed by atoms with Gasteiger partial charge in [-0.2, -0.15) is 0 Å². The maximum atomic E-state index is 10.7. The average Bonchev–Trinajstić information content (AvgIpc) is 2.85. The molecule has 2 rings (SSSR count). The van der Waals surface area contributed by atoms with Crippen LogP contribution in [0, 0.1) is 10.1 Å². The van der Waals surface area contributed by atoms with E-state index in [1.807, 2.05) is 0 Å².